The van der Waals surface area contributed by atoms with Gasteiger partial charge in [0, 0.05) is 12.6 Å². The summed E-state index contributed by atoms with van der Waals surface area (Å²) < 4.78 is 14.7. The fourth-order valence-corrected chi connectivity index (χ4v) is 3.84. The number of carbonyl (C=O) groups is 2. The molecule has 1 N–H and O–H groups in total. The summed E-state index contributed by atoms with van der Waals surface area (Å²) in [6, 6.07) is 18.2. The Balaban J connectivity index is 1.74. The average Bonchev–Trinajstić information content (AvgIpc) is 2.83. The highest BCUT2D eigenvalue weighted by Crippen LogP contribution is 2.20. The third-order valence-corrected chi connectivity index (χ3v) is 5.91. The number of amides is 2. The minimum absolute atomic E-state index is 0.0326. The molecule has 0 aliphatic heterocycles. The standard InChI is InChI=1S/C27H25FN4O3/c1-17-7-6-9-22(18(17)2)29-25(34)16-32-24-10-5-4-8-23(24)30-26(27(32)35)31(19(3)33)15-20-11-13-21(28)14-12-20/h4-14H,15-16H2,1-3H3,(H,29,34). The van der Waals surface area contributed by atoms with Gasteiger partial charge in [0.15, 0.2) is 0 Å². The van der Waals surface area contributed by atoms with Crippen molar-refractivity contribution in [2.75, 3.05) is 10.2 Å². The van der Waals surface area contributed by atoms with E-state index in [9.17, 15) is 18.8 Å². The van der Waals surface area contributed by atoms with E-state index in [0.29, 0.717) is 22.3 Å². The van der Waals surface area contributed by atoms with Gasteiger partial charge >= 0.3 is 0 Å². The number of para-hydroxylation sites is 2. The van der Waals surface area contributed by atoms with Crippen molar-refractivity contribution in [1.82, 2.24) is 9.55 Å². The number of anilines is 2. The number of hydrogen-bond acceptors (Lipinski definition) is 4. The lowest BCUT2D eigenvalue weighted by molar-refractivity contribution is -0.117. The Hall–Kier alpha value is -4.33. The molecule has 35 heavy (non-hydrogen) atoms. The van der Waals surface area contributed by atoms with Crippen LogP contribution in [0.2, 0.25) is 0 Å². The number of carbonyl (C=O) groups excluding carboxylic acids is 2. The zero-order chi connectivity index (χ0) is 25.1. The molecular weight excluding hydrogens is 447 g/mol. The zero-order valence-electron chi connectivity index (χ0n) is 19.7. The number of halogens is 1. The van der Waals surface area contributed by atoms with Crippen LogP contribution in [-0.2, 0) is 22.7 Å². The van der Waals surface area contributed by atoms with Crippen molar-refractivity contribution in [2.45, 2.75) is 33.9 Å². The molecule has 7 nitrogen and oxygen atoms in total. The Kier molecular flexibility index (Phi) is 6.73. The van der Waals surface area contributed by atoms with Crippen LogP contribution in [0.3, 0.4) is 0 Å². The first-order valence-corrected chi connectivity index (χ1v) is 11.1. The van der Waals surface area contributed by atoms with Crippen LogP contribution in [0.1, 0.15) is 23.6 Å². The number of aromatic nitrogens is 2. The summed E-state index contributed by atoms with van der Waals surface area (Å²) in [4.78, 5) is 44.7. The fourth-order valence-electron chi connectivity index (χ4n) is 3.84. The number of hydrogen-bond donors (Lipinski definition) is 1. The summed E-state index contributed by atoms with van der Waals surface area (Å²) in [6.45, 7) is 4.97. The number of rotatable bonds is 6. The van der Waals surface area contributed by atoms with E-state index in [1.54, 1.807) is 42.5 Å². The summed E-state index contributed by atoms with van der Waals surface area (Å²) in [5.41, 5.74) is 3.65. The van der Waals surface area contributed by atoms with Crippen molar-refractivity contribution < 1.29 is 14.0 Å². The zero-order valence-corrected chi connectivity index (χ0v) is 19.7. The van der Waals surface area contributed by atoms with Crippen LogP contribution in [0, 0.1) is 19.7 Å². The van der Waals surface area contributed by atoms with Gasteiger partial charge in [-0.3, -0.25) is 23.9 Å². The number of fused-ring (bicyclic) bond motifs is 1. The van der Waals surface area contributed by atoms with Gasteiger partial charge in [-0.2, -0.15) is 0 Å². The topological polar surface area (TPSA) is 84.3 Å². The fraction of sp³-hybridized carbons (Fsp3) is 0.185. The summed E-state index contributed by atoms with van der Waals surface area (Å²) in [5.74, 6) is -1.28. The molecule has 4 aromatic rings. The molecule has 0 spiro atoms. The number of aryl methyl sites for hydroxylation is 1. The molecular formula is C27H25FN4O3. The van der Waals surface area contributed by atoms with Gasteiger partial charge in [-0.25, -0.2) is 9.37 Å². The van der Waals surface area contributed by atoms with E-state index in [2.05, 4.69) is 10.3 Å². The van der Waals surface area contributed by atoms with Gasteiger partial charge in [0.25, 0.3) is 5.56 Å². The van der Waals surface area contributed by atoms with Crippen molar-refractivity contribution in [3.05, 3.63) is 99.6 Å². The van der Waals surface area contributed by atoms with Gasteiger partial charge in [0.2, 0.25) is 17.6 Å². The Morgan fingerprint density at radius 3 is 2.43 bits per heavy atom. The third kappa shape index (κ3) is 5.11. The highest BCUT2D eigenvalue weighted by molar-refractivity contribution is 5.94. The summed E-state index contributed by atoms with van der Waals surface area (Å²) in [6.07, 6.45) is 0. The van der Waals surface area contributed by atoms with E-state index in [1.807, 2.05) is 26.0 Å². The van der Waals surface area contributed by atoms with Gasteiger partial charge in [0.05, 0.1) is 17.6 Å². The molecule has 0 fully saturated rings. The maximum absolute atomic E-state index is 13.5. The first-order chi connectivity index (χ1) is 16.7. The monoisotopic (exact) mass is 472 g/mol. The summed E-state index contributed by atoms with van der Waals surface area (Å²) in [7, 11) is 0. The average molecular weight is 473 g/mol. The Labute approximate surface area is 201 Å². The maximum Gasteiger partial charge on any atom is 0.294 e. The van der Waals surface area contributed by atoms with Crippen LogP contribution >= 0.6 is 0 Å². The lowest BCUT2D eigenvalue weighted by Crippen LogP contribution is -2.38. The molecule has 0 aliphatic rings. The van der Waals surface area contributed by atoms with E-state index in [-0.39, 0.29) is 24.8 Å². The Bertz CT molecular complexity index is 1480. The van der Waals surface area contributed by atoms with Gasteiger partial charge in [0.1, 0.15) is 12.4 Å². The summed E-state index contributed by atoms with van der Waals surface area (Å²) in [5, 5.41) is 2.87. The van der Waals surface area contributed by atoms with Gasteiger partial charge in [-0.05, 0) is 60.9 Å². The van der Waals surface area contributed by atoms with Crippen molar-refractivity contribution >= 4 is 34.4 Å². The Morgan fingerprint density at radius 1 is 1.00 bits per heavy atom. The van der Waals surface area contributed by atoms with E-state index in [0.717, 1.165) is 11.1 Å². The van der Waals surface area contributed by atoms with E-state index >= 15 is 0 Å². The van der Waals surface area contributed by atoms with Crippen LogP contribution in [-0.4, -0.2) is 21.4 Å². The van der Waals surface area contributed by atoms with Gasteiger partial charge < -0.3 is 5.32 Å². The van der Waals surface area contributed by atoms with Crippen molar-refractivity contribution in [2.24, 2.45) is 0 Å². The largest absolute Gasteiger partial charge is 0.324 e. The normalized spacial score (nSPS) is 10.9. The van der Waals surface area contributed by atoms with Crippen LogP contribution in [0.4, 0.5) is 15.9 Å². The van der Waals surface area contributed by atoms with E-state index < -0.39 is 17.3 Å². The first kappa shape index (κ1) is 23.8. The molecule has 178 valence electrons. The molecule has 2 amide bonds. The molecule has 0 radical (unpaired) electrons. The second kappa shape index (κ2) is 9.89. The summed E-state index contributed by atoms with van der Waals surface area (Å²) >= 11 is 0. The van der Waals surface area contributed by atoms with Crippen LogP contribution in [0.5, 0.6) is 0 Å². The minimum Gasteiger partial charge on any atom is -0.324 e. The molecule has 0 saturated carbocycles. The molecule has 4 rings (SSSR count). The van der Waals surface area contributed by atoms with Crippen LogP contribution in [0.15, 0.2) is 71.5 Å². The second-order valence-corrected chi connectivity index (χ2v) is 8.34. The highest BCUT2D eigenvalue weighted by Gasteiger charge is 2.22. The lowest BCUT2D eigenvalue weighted by atomic mass is 10.1. The molecule has 0 atom stereocenters. The van der Waals surface area contributed by atoms with E-state index in [4.69, 9.17) is 0 Å². The van der Waals surface area contributed by atoms with Crippen LogP contribution < -0.4 is 15.8 Å². The first-order valence-electron chi connectivity index (χ1n) is 11.1. The SMILES string of the molecule is CC(=O)N(Cc1ccc(F)cc1)c1nc2ccccc2n(CC(=O)Nc2cccc(C)c2C)c1=O. The molecule has 1 aromatic heterocycles. The Morgan fingerprint density at radius 2 is 1.71 bits per heavy atom. The number of nitrogens with zero attached hydrogens (tertiary/aromatic N) is 3. The second-order valence-electron chi connectivity index (χ2n) is 8.34. The minimum atomic E-state index is -0.572. The van der Waals surface area contributed by atoms with Crippen molar-refractivity contribution in [3.8, 4) is 0 Å². The number of nitrogens with one attached hydrogen (secondary N) is 1. The third-order valence-electron chi connectivity index (χ3n) is 5.91. The smallest absolute Gasteiger partial charge is 0.294 e. The van der Waals surface area contributed by atoms with E-state index in [1.165, 1.54) is 28.5 Å². The highest BCUT2D eigenvalue weighted by atomic mass is 19.1. The molecule has 1 heterocycles. The van der Waals surface area contributed by atoms with Gasteiger partial charge in [-0.15, -0.1) is 0 Å². The van der Waals surface area contributed by atoms with Crippen molar-refractivity contribution in [1.29, 1.82) is 0 Å². The predicted molar refractivity (Wildman–Crippen MR) is 134 cm³/mol. The molecule has 0 bridgehead atoms. The van der Waals surface area contributed by atoms with Gasteiger partial charge in [-0.1, -0.05) is 36.4 Å². The molecule has 0 unspecified atom stereocenters. The van der Waals surface area contributed by atoms with Crippen LogP contribution in [0.25, 0.3) is 11.0 Å². The maximum atomic E-state index is 13.5. The lowest BCUT2D eigenvalue weighted by Gasteiger charge is -2.21. The molecule has 0 saturated heterocycles. The molecule has 3 aromatic carbocycles. The quantitative estimate of drug-likeness (QED) is 0.452. The number of benzene rings is 3. The molecule has 0 aliphatic carbocycles. The van der Waals surface area contributed by atoms with Crippen molar-refractivity contribution in [3.63, 3.8) is 0 Å². The molecule has 8 heteroatoms. The predicted octanol–water partition coefficient (Wildman–Crippen LogP) is 4.34.